The van der Waals surface area contributed by atoms with Gasteiger partial charge in [0.2, 0.25) is 6.79 Å². The minimum absolute atomic E-state index is 0.112. The highest BCUT2D eigenvalue weighted by molar-refractivity contribution is 9.10. The van der Waals surface area contributed by atoms with Gasteiger partial charge in [0.05, 0.1) is 10.9 Å². The van der Waals surface area contributed by atoms with E-state index in [4.69, 9.17) is 20.3 Å². The SMILES string of the molecule is CCc1c(C(N)CC(=O)O)cc(Br)c2c1OCO2. The van der Waals surface area contributed by atoms with Gasteiger partial charge < -0.3 is 20.3 Å². The van der Waals surface area contributed by atoms with Crippen molar-refractivity contribution in [3.05, 3.63) is 21.7 Å². The number of rotatable bonds is 4. The van der Waals surface area contributed by atoms with Crippen LogP contribution in [0.4, 0.5) is 0 Å². The van der Waals surface area contributed by atoms with Crippen LogP contribution >= 0.6 is 15.9 Å². The second-order valence-corrected chi connectivity index (χ2v) is 4.90. The summed E-state index contributed by atoms with van der Waals surface area (Å²) in [7, 11) is 0. The van der Waals surface area contributed by atoms with Crippen molar-refractivity contribution < 1.29 is 19.4 Å². The van der Waals surface area contributed by atoms with Gasteiger partial charge in [-0.3, -0.25) is 4.79 Å². The summed E-state index contributed by atoms with van der Waals surface area (Å²) in [5.74, 6) is 0.416. The van der Waals surface area contributed by atoms with Gasteiger partial charge in [0.1, 0.15) is 0 Å². The normalized spacial score (nSPS) is 14.6. The highest BCUT2D eigenvalue weighted by atomic mass is 79.9. The van der Waals surface area contributed by atoms with Crippen LogP contribution in [0.2, 0.25) is 0 Å². The predicted octanol–water partition coefficient (Wildman–Crippen LogP) is 2.21. The van der Waals surface area contributed by atoms with Crippen molar-refractivity contribution in [2.75, 3.05) is 6.79 Å². The van der Waals surface area contributed by atoms with Crippen LogP contribution in [-0.4, -0.2) is 17.9 Å². The number of carboxylic acid groups (broad SMARTS) is 1. The molecule has 3 N–H and O–H groups in total. The fourth-order valence-electron chi connectivity index (χ4n) is 2.09. The van der Waals surface area contributed by atoms with Crippen molar-refractivity contribution >= 4 is 21.9 Å². The number of carboxylic acids is 1. The predicted molar refractivity (Wildman–Crippen MR) is 68.8 cm³/mol. The molecule has 0 radical (unpaired) electrons. The first-order chi connectivity index (χ1) is 8.54. The lowest BCUT2D eigenvalue weighted by molar-refractivity contribution is -0.137. The largest absolute Gasteiger partial charge is 0.481 e. The standard InChI is InChI=1S/C12H14BrNO4/c1-2-6-7(9(14)4-10(15)16)3-8(13)12-11(6)17-5-18-12/h3,9H,2,4-5,14H2,1H3,(H,15,16). The topological polar surface area (TPSA) is 81.8 Å². The lowest BCUT2D eigenvalue weighted by Crippen LogP contribution is -2.17. The van der Waals surface area contributed by atoms with Crippen molar-refractivity contribution in [3.63, 3.8) is 0 Å². The number of nitrogens with two attached hydrogens (primary N) is 1. The van der Waals surface area contributed by atoms with E-state index in [-0.39, 0.29) is 13.2 Å². The molecule has 1 aromatic carbocycles. The van der Waals surface area contributed by atoms with Crippen LogP contribution < -0.4 is 15.2 Å². The van der Waals surface area contributed by atoms with E-state index >= 15 is 0 Å². The van der Waals surface area contributed by atoms with Crippen molar-refractivity contribution in [3.8, 4) is 11.5 Å². The van der Waals surface area contributed by atoms with E-state index in [2.05, 4.69) is 15.9 Å². The van der Waals surface area contributed by atoms with Gasteiger partial charge in [0.25, 0.3) is 0 Å². The van der Waals surface area contributed by atoms with Crippen LogP contribution in [0.5, 0.6) is 11.5 Å². The molecule has 1 aromatic rings. The van der Waals surface area contributed by atoms with E-state index in [0.29, 0.717) is 17.9 Å². The van der Waals surface area contributed by atoms with Crippen molar-refractivity contribution in [1.29, 1.82) is 0 Å². The van der Waals surface area contributed by atoms with Gasteiger partial charge in [-0.15, -0.1) is 0 Å². The van der Waals surface area contributed by atoms with Crippen LogP contribution in [0.3, 0.4) is 0 Å². The minimum Gasteiger partial charge on any atom is -0.481 e. The summed E-state index contributed by atoms with van der Waals surface area (Å²) >= 11 is 3.39. The Morgan fingerprint density at radius 3 is 2.83 bits per heavy atom. The number of carbonyl (C=O) groups is 1. The molecule has 0 amide bonds. The Morgan fingerprint density at radius 1 is 1.56 bits per heavy atom. The molecule has 0 saturated heterocycles. The Balaban J connectivity index is 2.47. The van der Waals surface area contributed by atoms with Crippen LogP contribution in [0, 0.1) is 0 Å². The summed E-state index contributed by atoms with van der Waals surface area (Å²) < 4.78 is 11.5. The van der Waals surface area contributed by atoms with Crippen molar-refractivity contribution in [1.82, 2.24) is 0 Å². The summed E-state index contributed by atoms with van der Waals surface area (Å²) in [4.78, 5) is 10.8. The average Bonchev–Trinajstić information content (AvgIpc) is 2.77. The Labute approximate surface area is 113 Å². The fourth-order valence-corrected chi connectivity index (χ4v) is 2.63. The van der Waals surface area contributed by atoms with Gasteiger partial charge in [-0.2, -0.15) is 0 Å². The lowest BCUT2D eigenvalue weighted by atomic mass is 9.96. The van der Waals surface area contributed by atoms with Gasteiger partial charge in [-0.25, -0.2) is 0 Å². The van der Waals surface area contributed by atoms with Gasteiger partial charge in [-0.1, -0.05) is 6.92 Å². The molecule has 18 heavy (non-hydrogen) atoms. The summed E-state index contributed by atoms with van der Waals surface area (Å²) in [6, 6.07) is 1.27. The van der Waals surface area contributed by atoms with E-state index in [1.54, 1.807) is 0 Å². The summed E-state index contributed by atoms with van der Waals surface area (Å²) in [5, 5.41) is 8.82. The second-order valence-electron chi connectivity index (χ2n) is 4.05. The third-order valence-electron chi connectivity index (χ3n) is 2.88. The quantitative estimate of drug-likeness (QED) is 0.890. The van der Waals surface area contributed by atoms with Crippen LogP contribution in [0.1, 0.15) is 30.5 Å². The van der Waals surface area contributed by atoms with E-state index in [1.807, 2.05) is 13.0 Å². The molecule has 1 aliphatic rings. The number of halogens is 1. The van der Waals surface area contributed by atoms with Crippen molar-refractivity contribution in [2.24, 2.45) is 5.73 Å². The maximum Gasteiger partial charge on any atom is 0.305 e. The first-order valence-electron chi connectivity index (χ1n) is 5.62. The number of fused-ring (bicyclic) bond motifs is 1. The molecular formula is C12H14BrNO4. The van der Waals surface area contributed by atoms with Crippen LogP contribution in [0.15, 0.2) is 10.5 Å². The van der Waals surface area contributed by atoms with E-state index < -0.39 is 12.0 Å². The number of ether oxygens (including phenoxy) is 2. The molecule has 0 spiro atoms. The molecule has 1 aliphatic heterocycles. The van der Waals surface area contributed by atoms with Gasteiger partial charge in [0.15, 0.2) is 11.5 Å². The summed E-state index contributed by atoms with van der Waals surface area (Å²) in [6.45, 7) is 2.15. The summed E-state index contributed by atoms with van der Waals surface area (Å²) in [6.07, 6.45) is 0.598. The smallest absolute Gasteiger partial charge is 0.305 e. The number of hydrogen-bond acceptors (Lipinski definition) is 4. The molecule has 2 rings (SSSR count). The molecule has 0 aliphatic carbocycles. The van der Waals surface area contributed by atoms with Crippen molar-refractivity contribution in [2.45, 2.75) is 25.8 Å². The molecule has 98 valence electrons. The molecule has 1 atom stereocenters. The highest BCUT2D eigenvalue weighted by Crippen LogP contribution is 2.45. The lowest BCUT2D eigenvalue weighted by Gasteiger charge is -2.17. The monoisotopic (exact) mass is 315 g/mol. The summed E-state index contributed by atoms with van der Waals surface area (Å²) in [5.41, 5.74) is 7.64. The molecular weight excluding hydrogens is 302 g/mol. The number of hydrogen-bond donors (Lipinski definition) is 2. The molecule has 5 nitrogen and oxygen atoms in total. The van der Waals surface area contributed by atoms with Crippen LogP contribution in [0.25, 0.3) is 0 Å². The second kappa shape index (κ2) is 5.16. The zero-order valence-electron chi connectivity index (χ0n) is 9.90. The fraction of sp³-hybridized carbons (Fsp3) is 0.417. The molecule has 0 saturated carbocycles. The Kier molecular flexibility index (Phi) is 3.77. The Bertz CT molecular complexity index is 489. The van der Waals surface area contributed by atoms with Gasteiger partial charge >= 0.3 is 5.97 Å². The maximum atomic E-state index is 10.8. The third-order valence-corrected chi connectivity index (χ3v) is 3.47. The molecule has 1 unspecified atom stereocenters. The highest BCUT2D eigenvalue weighted by Gasteiger charge is 2.26. The van der Waals surface area contributed by atoms with E-state index in [9.17, 15) is 4.79 Å². The molecule has 1 heterocycles. The molecule has 0 bridgehead atoms. The third kappa shape index (κ3) is 2.30. The number of aliphatic carboxylic acids is 1. The first kappa shape index (κ1) is 13.2. The van der Waals surface area contributed by atoms with Crippen LogP contribution in [-0.2, 0) is 11.2 Å². The molecule has 6 heteroatoms. The van der Waals surface area contributed by atoms with Gasteiger partial charge in [0, 0.05) is 11.6 Å². The Hall–Kier alpha value is -1.27. The van der Waals surface area contributed by atoms with Gasteiger partial charge in [-0.05, 0) is 34.0 Å². The average molecular weight is 316 g/mol. The zero-order chi connectivity index (χ0) is 13.3. The number of benzene rings is 1. The Morgan fingerprint density at radius 2 is 2.22 bits per heavy atom. The maximum absolute atomic E-state index is 10.8. The van der Waals surface area contributed by atoms with E-state index in [0.717, 1.165) is 15.6 Å². The first-order valence-corrected chi connectivity index (χ1v) is 6.42. The van der Waals surface area contributed by atoms with E-state index in [1.165, 1.54) is 0 Å². The zero-order valence-corrected chi connectivity index (χ0v) is 11.5. The molecule has 0 fully saturated rings. The molecule has 0 aromatic heterocycles. The minimum atomic E-state index is -0.918.